The van der Waals surface area contributed by atoms with Gasteiger partial charge in [0.1, 0.15) is 0 Å². The zero-order valence-electron chi connectivity index (χ0n) is 7.25. The number of ether oxygens (including phenoxy) is 1. The average Bonchev–Trinajstić information content (AvgIpc) is 1.98. The van der Waals surface area contributed by atoms with Gasteiger partial charge in [0.2, 0.25) is 0 Å². The molecule has 1 aliphatic carbocycles. The Morgan fingerprint density at radius 1 is 1.09 bits per heavy atom. The maximum atomic E-state index is 9.55. The average molecular weight is 158 g/mol. The highest BCUT2D eigenvalue weighted by Crippen LogP contribution is 2.19. The standard InChI is InChI=1S/C9H18O2/c1-11-9-7-5-3-2-4-6-8(9)10/h8-10H,2-7H2,1H3/t8-,9-/m1/s1. The quantitative estimate of drug-likeness (QED) is 0.629. The van der Waals surface area contributed by atoms with E-state index < -0.39 is 0 Å². The summed E-state index contributed by atoms with van der Waals surface area (Å²) in [5, 5.41) is 9.55. The van der Waals surface area contributed by atoms with Crippen molar-refractivity contribution in [2.24, 2.45) is 0 Å². The van der Waals surface area contributed by atoms with Crippen molar-refractivity contribution in [3.8, 4) is 0 Å². The first-order chi connectivity index (χ1) is 5.34. The van der Waals surface area contributed by atoms with Gasteiger partial charge in [-0.05, 0) is 12.8 Å². The molecule has 1 N–H and O–H groups in total. The molecule has 0 heterocycles. The van der Waals surface area contributed by atoms with Gasteiger partial charge in [0.25, 0.3) is 0 Å². The maximum Gasteiger partial charge on any atom is 0.0830 e. The van der Waals surface area contributed by atoms with Gasteiger partial charge in [-0.15, -0.1) is 0 Å². The van der Waals surface area contributed by atoms with E-state index in [2.05, 4.69) is 0 Å². The number of aliphatic hydroxyl groups is 1. The minimum Gasteiger partial charge on any atom is -0.390 e. The smallest absolute Gasteiger partial charge is 0.0830 e. The molecule has 0 aromatic rings. The van der Waals surface area contributed by atoms with Crippen molar-refractivity contribution in [1.29, 1.82) is 0 Å². The van der Waals surface area contributed by atoms with E-state index in [0.717, 1.165) is 19.3 Å². The highest BCUT2D eigenvalue weighted by molar-refractivity contribution is 4.71. The van der Waals surface area contributed by atoms with Crippen LogP contribution in [0.2, 0.25) is 0 Å². The number of methoxy groups -OCH3 is 1. The fraction of sp³-hybridized carbons (Fsp3) is 1.00. The topological polar surface area (TPSA) is 29.5 Å². The Hall–Kier alpha value is -0.0800. The summed E-state index contributed by atoms with van der Waals surface area (Å²) in [4.78, 5) is 0. The minimum atomic E-state index is -0.222. The van der Waals surface area contributed by atoms with E-state index in [1.165, 1.54) is 19.3 Å². The van der Waals surface area contributed by atoms with Gasteiger partial charge in [-0.1, -0.05) is 25.7 Å². The van der Waals surface area contributed by atoms with Gasteiger partial charge in [0.05, 0.1) is 12.2 Å². The van der Waals surface area contributed by atoms with Crippen LogP contribution in [0.3, 0.4) is 0 Å². The summed E-state index contributed by atoms with van der Waals surface area (Å²) in [6.45, 7) is 0. The summed E-state index contributed by atoms with van der Waals surface area (Å²) in [6, 6.07) is 0. The highest BCUT2D eigenvalue weighted by Gasteiger charge is 2.19. The third-order valence-electron chi connectivity index (χ3n) is 2.47. The normalized spacial score (nSPS) is 34.4. The second-order valence-corrected chi connectivity index (χ2v) is 3.33. The van der Waals surface area contributed by atoms with Crippen LogP contribution in [0.15, 0.2) is 0 Å². The monoisotopic (exact) mass is 158 g/mol. The first-order valence-electron chi connectivity index (χ1n) is 4.55. The van der Waals surface area contributed by atoms with E-state index in [9.17, 15) is 5.11 Å². The van der Waals surface area contributed by atoms with Crippen LogP contribution in [0, 0.1) is 0 Å². The van der Waals surface area contributed by atoms with Crippen molar-refractivity contribution in [3.63, 3.8) is 0 Å². The highest BCUT2D eigenvalue weighted by atomic mass is 16.5. The summed E-state index contributed by atoms with van der Waals surface area (Å²) in [7, 11) is 1.69. The Labute approximate surface area is 68.6 Å². The molecule has 0 aliphatic heterocycles. The van der Waals surface area contributed by atoms with Crippen LogP contribution in [0.5, 0.6) is 0 Å². The van der Waals surface area contributed by atoms with Gasteiger partial charge in [0.15, 0.2) is 0 Å². The minimum absolute atomic E-state index is 0.0929. The summed E-state index contributed by atoms with van der Waals surface area (Å²) in [5.41, 5.74) is 0. The second kappa shape index (κ2) is 4.73. The Balaban J connectivity index is 2.33. The second-order valence-electron chi connectivity index (χ2n) is 3.33. The molecule has 2 atom stereocenters. The molecule has 2 heteroatoms. The Morgan fingerprint density at radius 2 is 1.73 bits per heavy atom. The molecule has 0 aromatic carbocycles. The van der Waals surface area contributed by atoms with Crippen molar-refractivity contribution in [1.82, 2.24) is 0 Å². The maximum absolute atomic E-state index is 9.55. The van der Waals surface area contributed by atoms with Gasteiger partial charge >= 0.3 is 0 Å². The van der Waals surface area contributed by atoms with Gasteiger partial charge in [-0.25, -0.2) is 0 Å². The molecular weight excluding hydrogens is 140 g/mol. The summed E-state index contributed by atoms with van der Waals surface area (Å²) in [5.74, 6) is 0. The number of hydrogen-bond donors (Lipinski definition) is 1. The molecule has 1 aliphatic rings. The predicted molar refractivity (Wildman–Crippen MR) is 44.5 cm³/mol. The van der Waals surface area contributed by atoms with Crippen molar-refractivity contribution >= 4 is 0 Å². The molecule has 0 spiro atoms. The summed E-state index contributed by atoms with van der Waals surface area (Å²) in [6.07, 6.45) is 6.74. The molecule has 0 amide bonds. The molecular formula is C9H18O2. The number of aliphatic hydroxyl groups excluding tert-OH is 1. The van der Waals surface area contributed by atoms with Crippen LogP contribution >= 0.6 is 0 Å². The molecule has 0 aromatic heterocycles. The Kier molecular flexibility index (Phi) is 3.87. The van der Waals surface area contributed by atoms with Crippen molar-refractivity contribution in [2.45, 2.75) is 50.7 Å². The lowest BCUT2D eigenvalue weighted by molar-refractivity contribution is -0.0255. The molecule has 66 valence electrons. The van der Waals surface area contributed by atoms with E-state index in [1.54, 1.807) is 7.11 Å². The van der Waals surface area contributed by atoms with Crippen molar-refractivity contribution in [2.75, 3.05) is 7.11 Å². The molecule has 1 rings (SSSR count). The third kappa shape index (κ3) is 2.80. The van der Waals surface area contributed by atoms with Crippen molar-refractivity contribution in [3.05, 3.63) is 0 Å². The molecule has 0 saturated heterocycles. The predicted octanol–water partition coefficient (Wildman–Crippen LogP) is 1.72. The van der Waals surface area contributed by atoms with Crippen molar-refractivity contribution < 1.29 is 9.84 Å². The molecule has 1 saturated carbocycles. The lowest BCUT2D eigenvalue weighted by atomic mass is 9.96. The SMILES string of the molecule is CO[C@@H]1CCCCCC[C@H]1O. The molecule has 11 heavy (non-hydrogen) atoms. The van der Waals surface area contributed by atoms with Crippen LogP contribution in [0.1, 0.15) is 38.5 Å². The zero-order chi connectivity index (χ0) is 8.10. The Morgan fingerprint density at radius 3 is 2.36 bits per heavy atom. The number of rotatable bonds is 1. The fourth-order valence-electron chi connectivity index (χ4n) is 1.71. The molecule has 0 radical (unpaired) electrons. The van der Waals surface area contributed by atoms with Gasteiger partial charge < -0.3 is 9.84 Å². The molecule has 0 bridgehead atoms. The molecule has 0 unspecified atom stereocenters. The first-order valence-corrected chi connectivity index (χ1v) is 4.55. The summed E-state index contributed by atoms with van der Waals surface area (Å²) >= 11 is 0. The van der Waals surface area contributed by atoms with E-state index in [1.807, 2.05) is 0 Å². The lowest BCUT2D eigenvalue weighted by Crippen LogP contribution is -2.28. The van der Waals surface area contributed by atoms with Gasteiger partial charge in [0, 0.05) is 7.11 Å². The molecule has 1 fully saturated rings. The Bertz CT molecular complexity index is 104. The van der Waals surface area contributed by atoms with Crippen LogP contribution in [0.4, 0.5) is 0 Å². The lowest BCUT2D eigenvalue weighted by Gasteiger charge is -2.23. The van der Waals surface area contributed by atoms with Crippen LogP contribution in [-0.4, -0.2) is 24.4 Å². The van der Waals surface area contributed by atoms with Crippen LogP contribution < -0.4 is 0 Å². The zero-order valence-corrected chi connectivity index (χ0v) is 7.25. The molecule has 2 nitrogen and oxygen atoms in total. The van der Waals surface area contributed by atoms with E-state index in [0.29, 0.717) is 0 Å². The van der Waals surface area contributed by atoms with E-state index in [-0.39, 0.29) is 12.2 Å². The third-order valence-corrected chi connectivity index (χ3v) is 2.47. The number of hydrogen-bond acceptors (Lipinski definition) is 2. The van der Waals surface area contributed by atoms with E-state index >= 15 is 0 Å². The first kappa shape index (κ1) is 9.01. The fourth-order valence-corrected chi connectivity index (χ4v) is 1.71. The van der Waals surface area contributed by atoms with Crippen LogP contribution in [0.25, 0.3) is 0 Å². The van der Waals surface area contributed by atoms with E-state index in [4.69, 9.17) is 4.74 Å². The van der Waals surface area contributed by atoms with Gasteiger partial charge in [-0.2, -0.15) is 0 Å². The largest absolute Gasteiger partial charge is 0.390 e. The summed E-state index contributed by atoms with van der Waals surface area (Å²) < 4.78 is 5.19. The van der Waals surface area contributed by atoms with Gasteiger partial charge in [-0.3, -0.25) is 0 Å². The van der Waals surface area contributed by atoms with Crippen LogP contribution in [-0.2, 0) is 4.74 Å².